The molecule has 2 N–H and O–H groups in total. The molecular formula is C15H19NO3. The van der Waals surface area contributed by atoms with E-state index in [2.05, 4.69) is 5.32 Å². The van der Waals surface area contributed by atoms with Gasteiger partial charge in [0.15, 0.2) is 0 Å². The summed E-state index contributed by atoms with van der Waals surface area (Å²) in [5.74, 6) is 0.765. The summed E-state index contributed by atoms with van der Waals surface area (Å²) in [6.07, 6.45) is 4.52. The number of ether oxygens (including phenoxy) is 1. The summed E-state index contributed by atoms with van der Waals surface area (Å²) in [7, 11) is 0. The normalized spacial score (nSPS) is 19.8. The van der Waals surface area contributed by atoms with Crippen LogP contribution in [0, 0.1) is 0 Å². The lowest BCUT2D eigenvalue weighted by atomic mass is 10.0. The molecular weight excluding hydrogens is 242 g/mol. The Morgan fingerprint density at radius 1 is 1.37 bits per heavy atom. The number of aliphatic hydroxyl groups is 1. The van der Waals surface area contributed by atoms with Crippen molar-refractivity contribution < 1.29 is 14.6 Å². The van der Waals surface area contributed by atoms with E-state index < -0.39 is 5.60 Å². The maximum absolute atomic E-state index is 12.1. The van der Waals surface area contributed by atoms with Gasteiger partial charge < -0.3 is 15.2 Å². The molecule has 1 amide bonds. The molecule has 19 heavy (non-hydrogen) atoms. The van der Waals surface area contributed by atoms with E-state index in [0.717, 1.165) is 43.4 Å². The topological polar surface area (TPSA) is 58.6 Å². The van der Waals surface area contributed by atoms with Gasteiger partial charge in [-0.3, -0.25) is 4.79 Å². The van der Waals surface area contributed by atoms with Crippen molar-refractivity contribution in [2.45, 2.75) is 37.7 Å². The Bertz CT molecular complexity index is 492. The van der Waals surface area contributed by atoms with E-state index in [4.69, 9.17) is 4.74 Å². The summed E-state index contributed by atoms with van der Waals surface area (Å²) in [6.45, 7) is 1.04. The van der Waals surface area contributed by atoms with Crippen molar-refractivity contribution >= 4 is 5.91 Å². The third-order valence-electron chi connectivity index (χ3n) is 4.06. The highest BCUT2D eigenvalue weighted by atomic mass is 16.5. The van der Waals surface area contributed by atoms with E-state index in [9.17, 15) is 9.90 Å². The highest BCUT2D eigenvalue weighted by Gasteiger charge is 2.31. The van der Waals surface area contributed by atoms with E-state index in [0.29, 0.717) is 18.7 Å². The Hall–Kier alpha value is -1.55. The lowest BCUT2D eigenvalue weighted by Gasteiger charge is -2.22. The number of fused-ring (bicyclic) bond motifs is 1. The van der Waals surface area contributed by atoms with Gasteiger partial charge in [0.2, 0.25) is 0 Å². The fourth-order valence-electron chi connectivity index (χ4n) is 2.88. The van der Waals surface area contributed by atoms with Gasteiger partial charge in [0.1, 0.15) is 5.75 Å². The van der Waals surface area contributed by atoms with Crippen LogP contribution >= 0.6 is 0 Å². The minimum absolute atomic E-state index is 0.116. The first-order valence-corrected chi connectivity index (χ1v) is 6.93. The third kappa shape index (κ3) is 2.59. The smallest absolute Gasteiger partial charge is 0.251 e. The summed E-state index contributed by atoms with van der Waals surface area (Å²) >= 11 is 0. The zero-order valence-corrected chi connectivity index (χ0v) is 10.9. The van der Waals surface area contributed by atoms with Crippen LogP contribution in [-0.4, -0.2) is 29.8 Å². The van der Waals surface area contributed by atoms with Crippen molar-refractivity contribution in [2.75, 3.05) is 13.2 Å². The van der Waals surface area contributed by atoms with Crippen molar-refractivity contribution in [3.8, 4) is 5.75 Å². The lowest BCUT2D eigenvalue weighted by molar-refractivity contribution is 0.0449. The van der Waals surface area contributed by atoms with E-state index in [1.807, 2.05) is 12.1 Å². The third-order valence-corrected chi connectivity index (χ3v) is 4.06. The van der Waals surface area contributed by atoms with E-state index in [-0.39, 0.29) is 5.91 Å². The zero-order valence-electron chi connectivity index (χ0n) is 10.9. The monoisotopic (exact) mass is 261 g/mol. The minimum atomic E-state index is -0.699. The van der Waals surface area contributed by atoms with Crippen LogP contribution in [0.2, 0.25) is 0 Å². The Morgan fingerprint density at radius 2 is 2.16 bits per heavy atom. The first-order chi connectivity index (χ1) is 9.16. The molecule has 0 radical (unpaired) electrons. The molecule has 102 valence electrons. The van der Waals surface area contributed by atoms with Crippen LogP contribution in [0.15, 0.2) is 18.2 Å². The van der Waals surface area contributed by atoms with Crippen LogP contribution in [0.3, 0.4) is 0 Å². The molecule has 1 saturated carbocycles. The number of amides is 1. The van der Waals surface area contributed by atoms with E-state index in [1.165, 1.54) is 0 Å². The molecule has 0 bridgehead atoms. The maximum Gasteiger partial charge on any atom is 0.251 e. The van der Waals surface area contributed by atoms with E-state index in [1.54, 1.807) is 6.07 Å². The van der Waals surface area contributed by atoms with E-state index >= 15 is 0 Å². The SMILES string of the molecule is O=C(NCC1(O)CCCC1)c1ccc2c(c1)CCO2. The van der Waals surface area contributed by atoms with Gasteiger partial charge in [-0.05, 0) is 36.6 Å². The number of nitrogens with one attached hydrogen (secondary N) is 1. The van der Waals surface area contributed by atoms with Crippen LogP contribution in [0.4, 0.5) is 0 Å². The second kappa shape index (κ2) is 4.85. The molecule has 0 spiro atoms. The fourth-order valence-corrected chi connectivity index (χ4v) is 2.88. The average molecular weight is 261 g/mol. The summed E-state index contributed by atoms with van der Waals surface area (Å²) in [6, 6.07) is 5.51. The largest absolute Gasteiger partial charge is 0.493 e. The molecule has 1 aliphatic heterocycles. The minimum Gasteiger partial charge on any atom is -0.493 e. The number of carbonyl (C=O) groups excluding carboxylic acids is 1. The Morgan fingerprint density at radius 3 is 2.95 bits per heavy atom. The summed E-state index contributed by atoms with van der Waals surface area (Å²) < 4.78 is 5.42. The second-order valence-corrected chi connectivity index (χ2v) is 5.54. The molecule has 1 aromatic rings. The van der Waals surface area contributed by atoms with Crippen molar-refractivity contribution in [3.05, 3.63) is 29.3 Å². The van der Waals surface area contributed by atoms with Crippen LogP contribution in [0.25, 0.3) is 0 Å². The number of hydrogen-bond acceptors (Lipinski definition) is 3. The van der Waals surface area contributed by atoms with Gasteiger partial charge in [0, 0.05) is 18.5 Å². The summed E-state index contributed by atoms with van der Waals surface area (Å²) in [5.41, 5.74) is 1.04. The molecule has 0 saturated heterocycles. The Labute approximate surface area is 112 Å². The van der Waals surface area contributed by atoms with Gasteiger partial charge in [-0.2, -0.15) is 0 Å². The molecule has 1 aliphatic carbocycles. The highest BCUT2D eigenvalue weighted by Crippen LogP contribution is 2.29. The van der Waals surface area contributed by atoms with Gasteiger partial charge in [-0.15, -0.1) is 0 Å². The number of benzene rings is 1. The molecule has 2 aliphatic rings. The molecule has 0 unspecified atom stereocenters. The number of hydrogen-bond donors (Lipinski definition) is 2. The predicted octanol–water partition coefficient (Wildman–Crippen LogP) is 1.66. The maximum atomic E-state index is 12.1. The quantitative estimate of drug-likeness (QED) is 0.870. The second-order valence-electron chi connectivity index (χ2n) is 5.54. The molecule has 1 fully saturated rings. The average Bonchev–Trinajstić information content (AvgIpc) is 3.04. The molecule has 0 aromatic heterocycles. The molecule has 4 nitrogen and oxygen atoms in total. The van der Waals surface area contributed by atoms with Gasteiger partial charge in [0.05, 0.1) is 12.2 Å². The number of carbonyl (C=O) groups is 1. The molecule has 1 aromatic carbocycles. The van der Waals surface area contributed by atoms with Crippen molar-refractivity contribution in [1.82, 2.24) is 5.32 Å². The van der Waals surface area contributed by atoms with Gasteiger partial charge in [-0.25, -0.2) is 0 Å². The standard InChI is InChI=1S/C15H19NO3/c17-14(16-10-15(18)6-1-2-7-15)12-3-4-13-11(9-12)5-8-19-13/h3-4,9,18H,1-2,5-8,10H2,(H,16,17). The highest BCUT2D eigenvalue weighted by molar-refractivity contribution is 5.94. The molecule has 0 atom stereocenters. The van der Waals surface area contributed by atoms with Gasteiger partial charge >= 0.3 is 0 Å². The predicted molar refractivity (Wildman–Crippen MR) is 71.4 cm³/mol. The Kier molecular flexibility index (Phi) is 3.19. The number of rotatable bonds is 3. The van der Waals surface area contributed by atoms with Gasteiger partial charge in [0.25, 0.3) is 5.91 Å². The molecule has 1 heterocycles. The van der Waals surface area contributed by atoms with Crippen LogP contribution in [0.1, 0.15) is 41.6 Å². The summed E-state index contributed by atoms with van der Waals surface area (Å²) in [4.78, 5) is 12.1. The zero-order chi connectivity index (χ0) is 13.3. The lowest BCUT2D eigenvalue weighted by Crippen LogP contribution is -2.40. The Balaban J connectivity index is 1.64. The van der Waals surface area contributed by atoms with Crippen molar-refractivity contribution in [2.24, 2.45) is 0 Å². The first kappa shape index (κ1) is 12.5. The van der Waals surface area contributed by atoms with Crippen molar-refractivity contribution in [3.63, 3.8) is 0 Å². The van der Waals surface area contributed by atoms with Crippen LogP contribution in [0.5, 0.6) is 5.75 Å². The van der Waals surface area contributed by atoms with Crippen molar-refractivity contribution in [1.29, 1.82) is 0 Å². The van der Waals surface area contributed by atoms with Gasteiger partial charge in [-0.1, -0.05) is 12.8 Å². The van der Waals surface area contributed by atoms with Crippen LogP contribution < -0.4 is 10.1 Å². The fraction of sp³-hybridized carbons (Fsp3) is 0.533. The molecule has 4 heteroatoms. The molecule has 3 rings (SSSR count). The first-order valence-electron chi connectivity index (χ1n) is 6.93. The van der Waals surface area contributed by atoms with Crippen LogP contribution in [-0.2, 0) is 6.42 Å². The summed E-state index contributed by atoms with van der Waals surface area (Å²) in [5, 5.41) is 13.1.